The minimum absolute atomic E-state index is 0.0614. The molecule has 1 N–H and O–H groups in total. The first-order chi connectivity index (χ1) is 12.0. The lowest BCUT2D eigenvalue weighted by Gasteiger charge is -2.20. The molecular weight excluding hydrogens is 340 g/mol. The maximum atomic E-state index is 13.2. The van der Waals surface area contributed by atoms with E-state index in [0.29, 0.717) is 34.1 Å². The van der Waals surface area contributed by atoms with E-state index < -0.39 is 10.0 Å². The summed E-state index contributed by atoms with van der Waals surface area (Å²) >= 11 is 0. The number of pyridine rings is 2. The topological polar surface area (TPSA) is 107 Å². The highest BCUT2D eigenvalue weighted by Gasteiger charge is 2.33. The third kappa shape index (κ3) is 2.28. The van der Waals surface area contributed by atoms with Crippen molar-refractivity contribution >= 4 is 26.5 Å². The van der Waals surface area contributed by atoms with Gasteiger partial charge in [-0.15, -0.1) is 0 Å². The summed E-state index contributed by atoms with van der Waals surface area (Å²) in [6.07, 6.45) is 3.34. The number of nitrogens with zero attached hydrogens (tertiary/aromatic N) is 3. The second-order valence-corrected chi connectivity index (χ2v) is 7.48. The van der Waals surface area contributed by atoms with Crippen molar-refractivity contribution < 1.29 is 8.42 Å². The molecule has 0 spiro atoms. The van der Waals surface area contributed by atoms with Gasteiger partial charge in [-0.3, -0.25) is 14.1 Å². The van der Waals surface area contributed by atoms with Gasteiger partial charge in [0, 0.05) is 36.1 Å². The molecule has 0 fully saturated rings. The Morgan fingerprint density at radius 1 is 1.24 bits per heavy atom. The highest BCUT2D eigenvalue weighted by Crippen LogP contribution is 2.34. The van der Waals surface area contributed by atoms with E-state index in [2.05, 4.69) is 9.97 Å². The van der Waals surface area contributed by atoms with Gasteiger partial charge in [-0.05, 0) is 24.3 Å². The summed E-state index contributed by atoms with van der Waals surface area (Å²) in [4.78, 5) is 18.7. The first-order valence-corrected chi connectivity index (χ1v) is 8.98. The summed E-state index contributed by atoms with van der Waals surface area (Å²) in [7, 11) is -3.89. The third-order valence-corrected chi connectivity index (χ3v) is 6.11. The molecule has 25 heavy (non-hydrogen) atoms. The molecule has 0 unspecified atom stereocenters. The van der Waals surface area contributed by atoms with Crippen molar-refractivity contribution in [2.45, 2.75) is 11.3 Å². The average Bonchev–Trinajstić information content (AvgIpc) is 3.05. The number of anilines is 1. The van der Waals surface area contributed by atoms with Gasteiger partial charge >= 0.3 is 0 Å². The average molecular weight is 352 g/mol. The number of nitriles is 1. The Morgan fingerprint density at radius 3 is 2.88 bits per heavy atom. The van der Waals surface area contributed by atoms with Crippen LogP contribution in [0.3, 0.4) is 0 Å². The lowest BCUT2D eigenvalue weighted by molar-refractivity contribution is 0.593. The lowest BCUT2D eigenvalue weighted by Crippen LogP contribution is -2.29. The van der Waals surface area contributed by atoms with Crippen LogP contribution in [-0.2, 0) is 16.4 Å². The number of hydrogen-bond donors (Lipinski definition) is 1. The van der Waals surface area contributed by atoms with Gasteiger partial charge in [0.15, 0.2) is 0 Å². The van der Waals surface area contributed by atoms with E-state index in [4.69, 9.17) is 5.26 Å². The second-order valence-electron chi connectivity index (χ2n) is 5.65. The number of H-pyrrole nitrogens is 1. The van der Waals surface area contributed by atoms with Crippen LogP contribution < -0.4 is 9.86 Å². The normalized spacial score (nSPS) is 13.6. The van der Waals surface area contributed by atoms with Crippen LogP contribution in [0.4, 0.5) is 5.69 Å². The summed E-state index contributed by atoms with van der Waals surface area (Å²) in [5.41, 5.74) is 1.02. The molecule has 1 aromatic carbocycles. The molecule has 1 aliphatic heterocycles. The molecule has 4 rings (SSSR count). The van der Waals surface area contributed by atoms with Crippen LogP contribution >= 0.6 is 0 Å². The van der Waals surface area contributed by atoms with Gasteiger partial charge in [0.2, 0.25) is 0 Å². The zero-order valence-electron chi connectivity index (χ0n) is 12.9. The highest BCUT2D eigenvalue weighted by atomic mass is 32.2. The van der Waals surface area contributed by atoms with Crippen molar-refractivity contribution in [3.63, 3.8) is 0 Å². The van der Waals surface area contributed by atoms with Gasteiger partial charge in [-0.25, -0.2) is 8.42 Å². The monoisotopic (exact) mass is 352 g/mol. The molecule has 8 heteroatoms. The fraction of sp³-hybridized carbons (Fsp3) is 0.118. The van der Waals surface area contributed by atoms with E-state index in [1.807, 2.05) is 6.07 Å². The summed E-state index contributed by atoms with van der Waals surface area (Å²) in [6, 6.07) is 9.70. The van der Waals surface area contributed by atoms with Crippen molar-refractivity contribution in [2.75, 3.05) is 10.8 Å². The summed E-state index contributed by atoms with van der Waals surface area (Å²) in [5.74, 6) is 0. The maximum absolute atomic E-state index is 13.2. The molecule has 3 heterocycles. The third-order valence-electron chi connectivity index (χ3n) is 4.24. The summed E-state index contributed by atoms with van der Waals surface area (Å²) < 4.78 is 27.7. The number of hydrogen-bond acceptors (Lipinski definition) is 5. The van der Waals surface area contributed by atoms with E-state index >= 15 is 0 Å². The number of aromatic amines is 1. The molecule has 0 aliphatic carbocycles. The molecule has 124 valence electrons. The molecule has 2 aromatic heterocycles. The fourth-order valence-corrected chi connectivity index (χ4v) is 4.76. The zero-order valence-corrected chi connectivity index (χ0v) is 13.7. The molecule has 0 saturated carbocycles. The predicted octanol–water partition coefficient (Wildman–Crippen LogP) is 1.55. The Bertz CT molecular complexity index is 1210. The Labute approximate surface area is 143 Å². The van der Waals surface area contributed by atoms with Crippen LogP contribution in [0, 0.1) is 11.3 Å². The zero-order chi connectivity index (χ0) is 17.6. The molecule has 0 saturated heterocycles. The number of rotatable bonds is 2. The molecular formula is C17H12N4O3S. The summed E-state index contributed by atoms with van der Waals surface area (Å²) in [6.45, 7) is 0.249. The molecule has 7 nitrogen and oxygen atoms in total. The van der Waals surface area contributed by atoms with Gasteiger partial charge in [0.25, 0.3) is 15.6 Å². The SMILES string of the molecule is N#Cc1cnc2c(c1)N(S(=O)(=O)c1cccc3c(=O)[nH]ccc13)CC2. The van der Waals surface area contributed by atoms with Crippen LogP contribution in [0.2, 0.25) is 0 Å². The van der Waals surface area contributed by atoms with Crippen molar-refractivity contribution in [2.24, 2.45) is 0 Å². The first-order valence-electron chi connectivity index (χ1n) is 7.54. The molecule has 0 bridgehead atoms. The second kappa shape index (κ2) is 5.43. The molecule has 0 radical (unpaired) electrons. The Balaban J connectivity index is 1.93. The van der Waals surface area contributed by atoms with Crippen molar-refractivity contribution in [3.8, 4) is 6.07 Å². The number of fused-ring (bicyclic) bond motifs is 2. The van der Waals surface area contributed by atoms with E-state index in [1.165, 1.54) is 28.8 Å². The fourth-order valence-electron chi connectivity index (χ4n) is 3.06. The standard InChI is InChI=1S/C17H12N4O3S/c18-9-11-8-15-14(20-10-11)5-7-21(15)25(23,24)16-3-1-2-13-12(16)4-6-19-17(13)22/h1-4,6,8,10H,5,7H2,(H,19,22). The minimum Gasteiger partial charge on any atom is -0.329 e. The maximum Gasteiger partial charge on any atom is 0.265 e. The highest BCUT2D eigenvalue weighted by molar-refractivity contribution is 7.93. The van der Waals surface area contributed by atoms with Crippen LogP contribution in [0.1, 0.15) is 11.3 Å². The summed E-state index contributed by atoms with van der Waals surface area (Å²) in [5, 5.41) is 9.73. The predicted molar refractivity (Wildman–Crippen MR) is 91.8 cm³/mol. The first kappa shape index (κ1) is 15.4. The van der Waals surface area contributed by atoms with E-state index in [9.17, 15) is 13.2 Å². The Kier molecular flexibility index (Phi) is 3.33. The van der Waals surface area contributed by atoms with Gasteiger partial charge in [0.05, 0.1) is 21.8 Å². The Morgan fingerprint density at radius 2 is 2.08 bits per heavy atom. The van der Waals surface area contributed by atoms with E-state index in [1.54, 1.807) is 18.2 Å². The van der Waals surface area contributed by atoms with Crippen molar-refractivity contribution in [1.82, 2.24) is 9.97 Å². The van der Waals surface area contributed by atoms with Crippen LogP contribution in [0.15, 0.2) is 52.4 Å². The molecule has 3 aromatic rings. The molecule has 0 atom stereocenters. The number of nitrogens with one attached hydrogen (secondary N) is 1. The smallest absolute Gasteiger partial charge is 0.265 e. The number of benzene rings is 1. The van der Waals surface area contributed by atoms with E-state index in [0.717, 1.165) is 0 Å². The van der Waals surface area contributed by atoms with Gasteiger partial charge < -0.3 is 4.98 Å². The largest absolute Gasteiger partial charge is 0.329 e. The van der Waals surface area contributed by atoms with Crippen molar-refractivity contribution in [3.05, 3.63) is 64.3 Å². The number of sulfonamides is 1. The van der Waals surface area contributed by atoms with Crippen LogP contribution in [0.25, 0.3) is 10.8 Å². The lowest BCUT2D eigenvalue weighted by atomic mass is 10.2. The Hall–Kier alpha value is -3.18. The van der Waals surface area contributed by atoms with Crippen molar-refractivity contribution in [1.29, 1.82) is 5.26 Å². The van der Waals surface area contributed by atoms with Crippen LogP contribution in [-0.4, -0.2) is 24.9 Å². The van der Waals surface area contributed by atoms with E-state index in [-0.39, 0.29) is 17.0 Å². The molecule has 0 amide bonds. The quantitative estimate of drug-likeness (QED) is 0.753. The minimum atomic E-state index is -3.89. The van der Waals surface area contributed by atoms with Gasteiger partial charge in [-0.1, -0.05) is 6.07 Å². The molecule has 1 aliphatic rings. The van der Waals surface area contributed by atoms with Crippen LogP contribution in [0.5, 0.6) is 0 Å². The van der Waals surface area contributed by atoms with Gasteiger partial charge in [0.1, 0.15) is 6.07 Å². The number of aromatic nitrogens is 2. The van der Waals surface area contributed by atoms with Gasteiger partial charge in [-0.2, -0.15) is 5.26 Å².